The molecule has 7 heteroatoms. The van der Waals surface area contributed by atoms with Gasteiger partial charge in [-0.1, -0.05) is 30.3 Å². The lowest BCUT2D eigenvalue weighted by Crippen LogP contribution is -2.23. The Kier molecular flexibility index (Phi) is 6.17. The molecule has 2 aromatic heterocycles. The quantitative estimate of drug-likeness (QED) is 0.459. The van der Waals surface area contributed by atoms with Gasteiger partial charge in [-0.15, -0.1) is 0 Å². The Labute approximate surface area is 186 Å². The van der Waals surface area contributed by atoms with Crippen molar-refractivity contribution in [3.8, 4) is 0 Å². The van der Waals surface area contributed by atoms with Crippen molar-refractivity contribution in [3.63, 3.8) is 0 Å². The number of carbonyl (C=O) groups is 2. The fourth-order valence-corrected chi connectivity index (χ4v) is 3.48. The Hall–Kier alpha value is -4.13. The van der Waals surface area contributed by atoms with Gasteiger partial charge in [0.15, 0.2) is 5.76 Å². The average Bonchev–Trinajstić information content (AvgIpc) is 3.43. The molecule has 0 unspecified atom stereocenters. The molecule has 2 N–H and O–H groups in total. The highest BCUT2D eigenvalue weighted by Crippen LogP contribution is 2.16. The third-order valence-corrected chi connectivity index (χ3v) is 5.28. The molecular formula is C25H24N4O3. The summed E-state index contributed by atoms with van der Waals surface area (Å²) < 4.78 is 7.04. The van der Waals surface area contributed by atoms with E-state index in [1.807, 2.05) is 36.7 Å². The Balaban J connectivity index is 1.37. The highest BCUT2D eigenvalue weighted by Gasteiger charge is 2.14. The molecule has 0 bridgehead atoms. The van der Waals surface area contributed by atoms with Gasteiger partial charge in [-0.25, -0.2) is 0 Å². The van der Waals surface area contributed by atoms with E-state index in [1.54, 1.807) is 36.4 Å². The number of aromatic nitrogens is 2. The molecule has 2 heterocycles. The van der Waals surface area contributed by atoms with Gasteiger partial charge in [0.05, 0.1) is 18.5 Å². The minimum absolute atomic E-state index is 0.191. The second-order valence-corrected chi connectivity index (χ2v) is 7.48. The van der Waals surface area contributed by atoms with Crippen LogP contribution in [0.2, 0.25) is 0 Å². The van der Waals surface area contributed by atoms with Gasteiger partial charge in [0.1, 0.15) is 0 Å². The third-order valence-electron chi connectivity index (χ3n) is 5.28. The van der Waals surface area contributed by atoms with Crippen molar-refractivity contribution in [3.05, 3.63) is 107 Å². The number of furan rings is 1. The zero-order chi connectivity index (χ0) is 22.5. The number of nitrogens with zero attached hydrogens (tertiary/aromatic N) is 2. The van der Waals surface area contributed by atoms with Crippen molar-refractivity contribution in [2.75, 3.05) is 5.32 Å². The van der Waals surface area contributed by atoms with Gasteiger partial charge in [-0.2, -0.15) is 5.10 Å². The minimum atomic E-state index is -0.342. The minimum Gasteiger partial charge on any atom is -0.459 e. The van der Waals surface area contributed by atoms with E-state index >= 15 is 0 Å². The van der Waals surface area contributed by atoms with Crippen molar-refractivity contribution < 1.29 is 14.0 Å². The second kappa shape index (κ2) is 9.34. The number of aryl methyl sites for hydroxylation is 1. The van der Waals surface area contributed by atoms with E-state index in [2.05, 4.69) is 27.9 Å². The van der Waals surface area contributed by atoms with Crippen LogP contribution in [0.25, 0.3) is 0 Å². The summed E-state index contributed by atoms with van der Waals surface area (Å²) in [5.41, 5.74) is 5.20. The van der Waals surface area contributed by atoms with Gasteiger partial charge >= 0.3 is 0 Å². The largest absolute Gasteiger partial charge is 0.459 e. The molecule has 162 valence electrons. The van der Waals surface area contributed by atoms with Crippen LogP contribution in [0.15, 0.2) is 77.4 Å². The summed E-state index contributed by atoms with van der Waals surface area (Å²) in [6.07, 6.45) is 1.44. The average molecular weight is 428 g/mol. The van der Waals surface area contributed by atoms with Crippen molar-refractivity contribution >= 4 is 17.5 Å². The molecule has 2 amide bonds. The summed E-state index contributed by atoms with van der Waals surface area (Å²) in [6, 6.07) is 20.1. The fourth-order valence-electron chi connectivity index (χ4n) is 3.48. The number of hydrogen-bond acceptors (Lipinski definition) is 4. The van der Waals surface area contributed by atoms with Crippen LogP contribution in [-0.2, 0) is 13.1 Å². The topological polar surface area (TPSA) is 89.2 Å². The Morgan fingerprint density at radius 3 is 2.38 bits per heavy atom. The maximum absolute atomic E-state index is 12.6. The van der Waals surface area contributed by atoms with Gasteiger partial charge in [0, 0.05) is 29.1 Å². The van der Waals surface area contributed by atoms with Crippen molar-refractivity contribution in [2.45, 2.75) is 26.9 Å². The first-order valence-electron chi connectivity index (χ1n) is 10.3. The summed E-state index contributed by atoms with van der Waals surface area (Å²) >= 11 is 0. The Morgan fingerprint density at radius 2 is 1.69 bits per heavy atom. The Morgan fingerprint density at radius 1 is 0.938 bits per heavy atom. The van der Waals surface area contributed by atoms with Crippen LogP contribution in [0, 0.1) is 13.8 Å². The van der Waals surface area contributed by atoms with Crippen LogP contribution in [0.5, 0.6) is 0 Å². The van der Waals surface area contributed by atoms with Gasteiger partial charge < -0.3 is 15.1 Å². The highest BCUT2D eigenvalue weighted by molar-refractivity contribution is 6.02. The molecule has 0 fully saturated rings. The maximum atomic E-state index is 12.6. The zero-order valence-corrected chi connectivity index (χ0v) is 18.0. The fraction of sp³-hybridized carbons (Fsp3) is 0.160. The lowest BCUT2D eigenvalue weighted by Gasteiger charge is -2.08. The van der Waals surface area contributed by atoms with Crippen molar-refractivity contribution in [1.29, 1.82) is 0 Å². The van der Waals surface area contributed by atoms with Gasteiger partial charge in [0.2, 0.25) is 0 Å². The van der Waals surface area contributed by atoms with E-state index in [0.29, 0.717) is 24.3 Å². The highest BCUT2D eigenvalue weighted by atomic mass is 16.3. The van der Waals surface area contributed by atoms with E-state index in [1.165, 1.54) is 11.8 Å². The molecule has 4 aromatic rings. The van der Waals surface area contributed by atoms with Crippen LogP contribution >= 0.6 is 0 Å². The number of benzene rings is 2. The molecular weight excluding hydrogens is 404 g/mol. The maximum Gasteiger partial charge on any atom is 0.291 e. The summed E-state index contributed by atoms with van der Waals surface area (Å²) in [7, 11) is 0. The number of carbonyl (C=O) groups excluding carboxylic acids is 2. The number of amides is 2. The predicted molar refractivity (Wildman–Crippen MR) is 122 cm³/mol. The normalized spacial score (nSPS) is 10.7. The van der Waals surface area contributed by atoms with E-state index in [-0.39, 0.29) is 17.6 Å². The molecule has 0 radical (unpaired) electrons. The molecule has 2 aromatic carbocycles. The van der Waals surface area contributed by atoms with Crippen LogP contribution in [-0.4, -0.2) is 21.6 Å². The summed E-state index contributed by atoms with van der Waals surface area (Å²) in [5, 5.41) is 10.3. The smallest absolute Gasteiger partial charge is 0.291 e. The number of hydrogen-bond donors (Lipinski definition) is 2. The first kappa shape index (κ1) is 21.1. The number of rotatable bonds is 7. The summed E-state index contributed by atoms with van der Waals surface area (Å²) in [6.45, 7) is 5.04. The lowest BCUT2D eigenvalue weighted by molar-refractivity contribution is 0.0950. The Bertz CT molecular complexity index is 1210. The zero-order valence-electron chi connectivity index (χ0n) is 18.0. The van der Waals surface area contributed by atoms with Crippen molar-refractivity contribution in [2.24, 2.45) is 0 Å². The van der Waals surface area contributed by atoms with Crippen LogP contribution in [0.3, 0.4) is 0 Å². The van der Waals surface area contributed by atoms with E-state index in [0.717, 1.165) is 17.0 Å². The van der Waals surface area contributed by atoms with Gasteiger partial charge in [-0.3, -0.25) is 14.3 Å². The standard InChI is InChI=1S/C25H24N4O3/c1-17-22(18(2)29(28-17)16-19-7-4-3-5-8-19)15-26-24(30)20-10-12-21(13-11-20)27-25(31)23-9-6-14-32-23/h3-14H,15-16H2,1-2H3,(H,26,30)(H,27,31). The van der Waals surface area contributed by atoms with Crippen LogP contribution in [0.4, 0.5) is 5.69 Å². The molecule has 0 atom stereocenters. The lowest BCUT2D eigenvalue weighted by atomic mass is 10.1. The number of anilines is 1. The first-order chi connectivity index (χ1) is 15.5. The SMILES string of the molecule is Cc1nn(Cc2ccccc2)c(C)c1CNC(=O)c1ccc(NC(=O)c2ccco2)cc1. The summed E-state index contributed by atoms with van der Waals surface area (Å²) in [5.74, 6) is -0.306. The van der Waals surface area contributed by atoms with E-state index in [4.69, 9.17) is 4.42 Å². The molecule has 0 spiro atoms. The number of nitrogens with one attached hydrogen (secondary N) is 2. The molecule has 0 saturated heterocycles. The monoisotopic (exact) mass is 428 g/mol. The molecule has 4 rings (SSSR count). The van der Waals surface area contributed by atoms with E-state index < -0.39 is 0 Å². The molecule has 0 aliphatic carbocycles. The van der Waals surface area contributed by atoms with Gasteiger partial charge in [0.25, 0.3) is 11.8 Å². The predicted octanol–water partition coefficient (Wildman–Crippen LogP) is 4.32. The first-order valence-corrected chi connectivity index (χ1v) is 10.3. The molecule has 32 heavy (non-hydrogen) atoms. The second-order valence-electron chi connectivity index (χ2n) is 7.48. The summed E-state index contributed by atoms with van der Waals surface area (Å²) in [4.78, 5) is 24.7. The molecule has 0 aliphatic heterocycles. The molecule has 0 saturated carbocycles. The van der Waals surface area contributed by atoms with E-state index in [9.17, 15) is 9.59 Å². The van der Waals surface area contributed by atoms with Crippen LogP contribution in [0.1, 0.15) is 43.4 Å². The van der Waals surface area contributed by atoms with Crippen molar-refractivity contribution in [1.82, 2.24) is 15.1 Å². The van der Waals surface area contributed by atoms with Crippen LogP contribution < -0.4 is 10.6 Å². The molecule has 0 aliphatic rings. The third kappa shape index (κ3) is 4.78. The van der Waals surface area contributed by atoms with Gasteiger partial charge in [-0.05, 0) is 55.8 Å². The molecule has 7 nitrogen and oxygen atoms in total.